The molecule has 5 nitrogen and oxygen atoms in total. The van der Waals surface area contributed by atoms with E-state index in [1.807, 2.05) is 44.7 Å². The second kappa shape index (κ2) is 16.2. The van der Waals surface area contributed by atoms with E-state index >= 15 is 0 Å². The summed E-state index contributed by atoms with van der Waals surface area (Å²) in [6.07, 6.45) is 5.91. The van der Waals surface area contributed by atoms with Crippen LogP contribution in [0.25, 0.3) is 5.70 Å². The van der Waals surface area contributed by atoms with Gasteiger partial charge in [-0.1, -0.05) is 66.2 Å². The molecule has 1 fully saturated rings. The van der Waals surface area contributed by atoms with Gasteiger partial charge in [0.05, 0.1) is 17.3 Å². The number of benzene rings is 1. The molecule has 1 heterocycles. The van der Waals surface area contributed by atoms with Crippen LogP contribution in [-0.4, -0.2) is 35.8 Å². The smallest absolute Gasteiger partial charge is 0.419 e. The number of nitrogens with one attached hydrogen (secondary N) is 1. The fraction of sp³-hybridized carbons (Fsp3) is 0.586. The first kappa shape index (κ1) is 32.3. The average Bonchev–Trinajstić information content (AvgIpc) is 3.37. The number of unbranched alkanes of at least 4 members (excludes halogenated alkanes) is 1. The van der Waals surface area contributed by atoms with Gasteiger partial charge in [0.25, 0.3) is 0 Å². The highest BCUT2D eigenvalue weighted by Gasteiger charge is 2.35. The average molecular weight is 523 g/mol. The van der Waals surface area contributed by atoms with Gasteiger partial charge in [0.1, 0.15) is 12.4 Å². The molecule has 2 unspecified atom stereocenters. The number of likely N-dealkylation sites (tertiary alicyclic amines) is 1. The molecular weight excluding hydrogens is 477 g/mol. The van der Waals surface area contributed by atoms with Crippen LogP contribution in [0.2, 0.25) is 0 Å². The van der Waals surface area contributed by atoms with E-state index in [-0.39, 0.29) is 30.3 Å². The third-order valence-corrected chi connectivity index (χ3v) is 6.21. The number of hydrogen-bond donors (Lipinski definition) is 2. The summed E-state index contributed by atoms with van der Waals surface area (Å²) in [5, 5.41) is 7.94. The van der Waals surface area contributed by atoms with E-state index in [0.717, 1.165) is 43.9 Å². The monoisotopic (exact) mass is 522 g/mol. The summed E-state index contributed by atoms with van der Waals surface area (Å²) >= 11 is 0. The Morgan fingerprint density at radius 1 is 1.24 bits per heavy atom. The molecular formula is C29H45F3N4O. The standard InChI is InChI=1S/C27H39F3N4O.C2H6/c1-5-8-9-10-17-35-24-15-14-20(18-21(24)27(28,29)30)22(12-6-2)33-25(19(4)7-3)23-13-11-16-34(23)26(31)32;1-2/h9-10,12,14-15,18-19,23H,5-8,11,13,16-17H2,1-4H3,(H3,31,32);1-2H3/b10-9+,22-12-,33-25?;. The largest absolute Gasteiger partial charge is 0.489 e. The lowest BCUT2D eigenvalue weighted by atomic mass is 9.94. The van der Waals surface area contributed by atoms with E-state index < -0.39 is 11.7 Å². The second-order valence-electron chi connectivity index (χ2n) is 8.86. The number of aliphatic imine (C=N–C) groups is 1. The van der Waals surface area contributed by atoms with E-state index in [1.54, 1.807) is 12.1 Å². The first-order chi connectivity index (χ1) is 17.6. The predicted molar refractivity (Wildman–Crippen MR) is 149 cm³/mol. The minimum absolute atomic E-state index is 0.00151. The van der Waals surface area contributed by atoms with Crippen molar-refractivity contribution in [2.75, 3.05) is 13.2 Å². The van der Waals surface area contributed by atoms with Crippen molar-refractivity contribution in [3.8, 4) is 5.75 Å². The van der Waals surface area contributed by atoms with Crippen molar-refractivity contribution >= 4 is 17.4 Å². The van der Waals surface area contributed by atoms with Gasteiger partial charge in [0.15, 0.2) is 5.96 Å². The molecule has 0 aromatic heterocycles. The van der Waals surface area contributed by atoms with Gasteiger partial charge in [-0.05, 0) is 56.2 Å². The fourth-order valence-electron chi connectivity index (χ4n) is 4.17. The third kappa shape index (κ3) is 9.56. The molecule has 1 aliphatic heterocycles. The zero-order valence-electron chi connectivity index (χ0n) is 23.3. The first-order valence-corrected chi connectivity index (χ1v) is 13.5. The molecule has 0 bridgehead atoms. The van der Waals surface area contributed by atoms with Crippen LogP contribution in [0.4, 0.5) is 13.2 Å². The molecule has 0 spiro atoms. The lowest BCUT2D eigenvalue weighted by molar-refractivity contribution is -0.138. The highest BCUT2D eigenvalue weighted by Crippen LogP contribution is 2.38. The van der Waals surface area contributed by atoms with Crippen LogP contribution in [0.15, 0.2) is 41.4 Å². The summed E-state index contributed by atoms with van der Waals surface area (Å²) in [5.74, 6) is -0.0962. The van der Waals surface area contributed by atoms with Gasteiger partial charge in [0.2, 0.25) is 0 Å². The zero-order chi connectivity index (χ0) is 28.0. The fourth-order valence-corrected chi connectivity index (χ4v) is 4.17. The Labute approximate surface area is 221 Å². The maximum atomic E-state index is 13.9. The molecule has 2 rings (SSSR count). The molecule has 1 aliphatic rings. The summed E-state index contributed by atoms with van der Waals surface area (Å²) in [5.41, 5.74) is 6.75. The molecule has 37 heavy (non-hydrogen) atoms. The quantitative estimate of drug-likeness (QED) is 0.175. The predicted octanol–water partition coefficient (Wildman–Crippen LogP) is 8.06. The van der Waals surface area contributed by atoms with E-state index in [0.29, 0.717) is 24.2 Å². The molecule has 0 aliphatic carbocycles. The summed E-state index contributed by atoms with van der Waals surface area (Å²) in [6.45, 7) is 12.8. The maximum absolute atomic E-state index is 13.9. The van der Waals surface area contributed by atoms with Gasteiger partial charge in [-0.15, -0.1) is 0 Å². The number of ether oxygens (including phenoxy) is 1. The second-order valence-corrected chi connectivity index (χ2v) is 8.86. The molecule has 1 aromatic carbocycles. The Morgan fingerprint density at radius 3 is 2.51 bits per heavy atom. The van der Waals surface area contributed by atoms with Crippen molar-refractivity contribution < 1.29 is 17.9 Å². The number of rotatable bonds is 11. The lowest BCUT2D eigenvalue weighted by Gasteiger charge is -2.29. The van der Waals surface area contributed by atoms with Gasteiger partial charge in [-0.2, -0.15) is 13.2 Å². The van der Waals surface area contributed by atoms with Gasteiger partial charge >= 0.3 is 6.18 Å². The van der Waals surface area contributed by atoms with E-state index in [9.17, 15) is 13.2 Å². The molecule has 8 heteroatoms. The number of nitrogens with zero attached hydrogens (tertiary/aromatic N) is 2. The minimum atomic E-state index is -4.56. The SMILES string of the molecule is CC.CC/C=C(\N=C(C(C)CC)C1CCCN1C(=N)N)c1ccc(OC/C=C/CCC)c(C(F)(F)F)c1. The molecule has 0 saturated carbocycles. The van der Waals surface area contributed by atoms with Crippen LogP contribution in [0.1, 0.15) is 91.2 Å². The molecule has 2 atom stereocenters. The third-order valence-electron chi connectivity index (χ3n) is 6.21. The van der Waals surface area contributed by atoms with Crippen LogP contribution in [0.5, 0.6) is 5.75 Å². The number of guanidine groups is 1. The topological polar surface area (TPSA) is 74.7 Å². The van der Waals surface area contributed by atoms with E-state index in [4.69, 9.17) is 20.9 Å². The zero-order valence-corrected chi connectivity index (χ0v) is 23.3. The molecule has 1 saturated heterocycles. The number of hydrogen-bond acceptors (Lipinski definition) is 3. The maximum Gasteiger partial charge on any atom is 0.419 e. The molecule has 1 aromatic rings. The van der Waals surface area contributed by atoms with Crippen molar-refractivity contribution in [3.63, 3.8) is 0 Å². The Hall–Kier alpha value is -2.77. The lowest BCUT2D eigenvalue weighted by Crippen LogP contribution is -2.45. The van der Waals surface area contributed by atoms with Crippen molar-refractivity contribution in [2.45, 2.75) is 92.3 Å². The molecule has 0 radical (unpaired) electrons. The van der Waals surface area contributed by atoms with Crippen molar-refractivity contribution in [1.82, 2.24) is 4.90 Å². The van der Waals surface area contributed by atoms with Crippen LogP contribution < -0.4 is 10.5 Å². The summed E-state index contributed by atoms with van der Waals surface area (Å²) in [6, 6.07) is 4.02. The Kier molecular flexibility index (Phi) is 14.1. The molecule has 0 amide bonds. The van der Waals surface area contributed by atoms with Gasteiger partial charge < -0.3 is 15.4 Å². The van der Waals surface area contributed by atoms with Crippen molar-refractivity contribution in [2.24, 2.45) is 16.6 Å². The van der Waals surface area contributed by atoms with Crippen LogP contribution in [-0.2, 0) is 6.18 Å². The normalized spacial score (nSPS) is 17.5. The first-order valence-electron chi connectivity index (χ1n) is 13.5. The van der Waals surface area contributed by atoms with E-state index in [2.05, 4.69) is 13.8 Å². The van der Waals surface area contributed by atoms with E-state index in [1.165, 1.54) is 6.07 Å². The molecule has 208 valence electrons. The van der Waals surface area contributed by atoms with Gasteiger partial charge in [-0.3, -0.25) is 10.4 Å². The minimum Gasteiger partial charge on any atom is -0.489 e. The van der Waals surface area contributed by atoms with Gasteiger partial charge in [0, 0.05) is 17.8 Å². The van der Waals surface area contributed by atoms with Crippen LogP contribution >= 0.6 is 0 Å². The van der Waals surface area contributed by atoms with Crippen molar-refractivity contribution in [1.29, 1.82) is 5.41 Å². The molecule has 3 N–H and O–H groups in total. The Balaban J connectivity index is 0.00000334. The highest BCUT2D eigenvalue weighted by molar-refractivity contribution is 5.98. The van der Waals surface area contributed by atoms with Crippen LogP contribution in [0.3, 0.4) is 0 Å². The Bertz CT molecular complexity index is 938. The number of alkyl halides is 3. The Morgan fingerprint density at radius 2 is 1.95 bits per heavy atom. The summed E-state index contributed by atoms with van der Waals surface area (Å²) < 4.78 is 47.3. The van der Waals surface area contributed by atoms with Crippen molar-refractivity contribution in [3.05, 3.63) is 47.6 Å². The number of nitrogens with two attached hydrogens (primary N) is 1. The summed E-state index contributed by atoms with van der Waals surface area (Å²) in [7, 11) is 0. The number of allylic oxidation sites excluding steroid dienone is 2. The number of halogens is 3. The van der Waals surface area contributed by atoms with Crippen LogP contribution in [0, 0.1) is 11.3 Å². The van der Waals surface area contributed by atoms with Gasteiger partial charge in [-0.25, -0.2) is 0 Å². The summed E-state index contributed by atoms with van der Waals surface area (Å²) in [4.78, 5) is 6.77. The highest BCUT2D eigenvalue weighted by atomic mass is 19.4.